The minimum absolute atomic E-state index is 0.636. The van der Waals surface area contributed by atoms with Crippen LogP contribution in [0, 0.1) is 0 Å². The van der Waals surface area contributed by atoms with Crippen LogP contribution < -0.4 is 4.90 Å². The van der Waals surface area contributed by atoms with E-state index in [2.05, 4.69) is 37.7 Å². The van der Waals surface area contributed by atoms with E-state index < -0.39 is 0 Å². The summed E-state index contributed by atoms with van der Waals surface area (Å²) in [4.78, 5) is 11.4. The summed E-state index contributed by atoms with van der Waals surface area (Å²) in [7, 11) is 1.74. The lowest BCUT2D eigenvalue weighted by atomic mass is 10.3. The maximum atomic E-state index is 5.18. The Hall–Kier alpha value is -0.680. The summed E-state index contributed by atoms with van der Waals surface area (Å²) in [5.74, 6) is 1.95. The quantitative estimate of drug-likeness (QED) is 0.726. The third-order valence-electron chi connectivity index (χ3n) is 3.02. The number of halogens is 1. The topological polar surface area (TPSA) is 38.2 Å². The fourth-order valence-electron chi connectivity index (χ4n) is 1.99. The largest absolute Gasteiger partial charge is 0.383 e. The van der Waals surface area contributed by atoms with Crippen molar-refractivity contribution in [1.82, 2.24) is 9.97 Å². The first-order valence-corrected chi connectivity index (χ1v) is 7.33. The van der Waals surface area contributed by atoms with Crippen LogP contribution in [0.3, 0.4) is 0 Å². The number of anilines is 1. The molecule has 1 aliphatic carbocycles. The van der Waals surface area contributed by atoms with Crippen LogP contribution in [0.5, 0.6) is 0 Å². The van der Waals surface area contributed by atoms with Gasteiger partial charge >= 0.3 is 0 Å². The summed E-state index contributed by atoms with van der Waals surface area (Å²) < 4.78 is 6.06. The Morgan fingerprint density at radius 1 is 1.44 bits per heavy atom. The number of aromatic nitrogens is 2. The number of nitrogens with zero attached hydrogens (tertiary/aromatic N) is 3. The average Bonchev–Trinajstić information content (AvgIpc) is 3.14. The summed E-state index contributed by atoms with van der Waals surface area (Å²) in [5.41, 5.74) is 0. The van der Waals surface area contributed by atoms with E-state index in [9.17, 15) is 0 Å². The van der Waals surface area contributed by atoms with Crippen LogP contribution in [0.4, 0.5) is 5.82 Å². The Morgan fingerprint density at radius 2 is 2.22 bits per heavy atom. The molecule has 18 heavy (non-hydrogen) atoms. The van der Waals surface area contributed by atoms with Gasteiger partial charge in [-0.2, -0.15) is 0 Å². The van der Waals surface area contributed by atoms with E-state index in [-0.39, 0.29) is 0 Å². The molecule has 0 unspecified atom stereocenters. The summed E-state index contributed by atoms with van der Waals surface area (Å²) >= 11 is 3.48. The highest BCUT2D eigenvalue weighted by Gasteiger charge is 2.30. The van der Waals surface area contributed by atoms with Crippen molar-refractivity contribution in [2.24, 2.45) is 0 Å². The fraction of sp³-hybridized carbons (Fsp3) is 0.692. The Morgan fingerprint density at radius 3 is 2.83 bits per heavy atom. The number of hydrogen-bond acceptors (Lipinski definition) is 4. The number of rotatable bonds is 7. The molecule has 1 aliphatic rings. The number of aryl methyl sites for hydroxylation is 1. The van der Waals surface area contributed by atoms with Crippen LogP contribution in [-0.2, 0) is 11.2 Å². The number of methoxy groups -OCH3 is 1. The first-order chi connectivity index (χ1) is 8.74. The van der Waals surface area contributed by atoms with E-state index in [0.29, 0.717) is 6.04 Å². The Labute approximate surface area is 117 Å². The molecule has 1 fully saturated rings. The normalized spacial score (nSPS) is 14.8. The molecule has 0 atom stereocenters. The second-order valence-electron chi connectivity index (χ2n) is 4.63. The van der Waals surface area contributed by atoms with Gasteiger partial charge in [0, 0.05) is 32.2 Å². The molecule has 0 saturated heterocycles. The van der Waals surface area contributed by atoms with Crippen molar-refractivity contribution in [3.63, 3.8) is 0 Å². The fourth-order valence-corrected chi connectivity index (χ4v) is 2.40. The molecule has 2 rings (SSSR count). The molecule has 1 heterocycles. The molecule has 0 aromatic carbocycles. The minimum atomic E-state index is 0.636. The van der Waals surface area contributed by atoms with E-state index in [1.165, 1.54) is 12.8 Å². The molecule has 1 saturated carbocycles. The van der Waals surface area contributed by atoms with Crippen molar-refractivity contribution in [1.29, 1.82) is 0 Å². The smallest absolute Gasteiger partial charge is 0.133 e. The predicted octanol–water partition coefficient (Wildman–Crippen LogP) is 2.81. The molecule has 100 valence electrons. The van der Waals surface area contributed by atoms with Gasteiger partial charge in [0.2, 0.25) is 0 Å². The minimum Gasteiger partial charge on any atom is -0.383 e. The molecule has 5 heteroatoms. The zero-order valence-electron chi connectivity index (χ0n) is 11.0. The first kappa shape index (κ1) is 13.7. The van der Waals surface area contributed by atoms with Gasteiger partial charge in [0.15, 0.2) is 0 Å². The van der Waals surface area contributed by atoms with Gasteiger partial charge in [-0.25, -0.2) is 9.97 Å². The van der Waals surface area contributed by atoms with Crippen molar-refractivity contribution >= 4 is 21.7 Å². The van der Waals surface area contributed by atoms with Gasteiger partial charge in [0.1, 0.15) is 16.2 Å². The molecule has 0 spiro atoms. The van der Waals surface area contributed by atoms with Gasteiger partial charge in [0.25, 0.3) is 0 Å². The highest BCUT2D eigenvalue weighted by molar-refractivity contribution is 9.10. The van der Waals surface area contributed by atoms with E-state index in [4.69, 9.17) is 4.74 Å². The molecule has 4 nitrogen and oxygen atoms in total. The molecule has 1 aromatic heterocycles. The Balaban J connectivity index is 2.17. The van der Waals surface area contributed by atoms with Gasteiger partial charge < -0.3 is 9.64 Å². The van der Waals surface area contributed by atoms with Crippen LogP contribution in [-0.4, -0.2) is 36.3 Å². The maximum Gasteiger partial charge on any atom is 0.133 e. The zero-order chi connectivity index (χ0) is 13.0. The summed E-state index contributed by atoms with van der Waals surface area (Å²) in [6.45, 7) is 3.78. The predicted molar refractivity (Wildman–Crippen MR) is 76.0 cm³/mol. The molecule has 1 aromatic rings. The Bertz CT molecular complexity index is 396. The average molecular weight is 314 g/mol. The summed E-state index contributed by atoms with van der Waals surface area (Å²) in [5, 5.41) is 0. The molecule has 0 amide bonds. The lowest BCUT2D eigenvalue weighted by Gasteiger charge is -2.23. The van der Waals surface area contributed by atoms with E-state index in [0.717, 1.165) is 42.2 Å². The van der Waals surface area contributed by atoms with Gasteiger partial charge in [-0.1, -0.05) is 6.92 Å². The van der Waals surface area contributed by atoms with Crippen molar-refractivity contribution in [3.05, 3.63) is 16.5 Å². The third-order valence-corrected chi connectivity index (χ3v) is 3.43. The molecular weight excluding hydrogens is 294 g/mol. The van der Waals surface area contributed by atoms with Crippen LogP contribution in [0.15, 0.2) is 10.7 Å². The number of ether oxygens (including phenoxy) is 1. The van der Waals surface area contributed by atoms with Crippen molar-refractivity contribution in [3.8, 4) is 0 Å². The van der Waals surface area contributed by atoms with E-state index >= 15 is 0 Å². The molecule has 0 N–H and O–H groups in total. The van der Waals surface area contributed by atoms with Crippen LogP contribution >= 0.6 is 15.9 Å². The van der Waals surface area contributed by atoms with Gasteiger partial charge in [0.05, 0.1) is 6.61 Å². The molecular formula is C13H20BrN3O. The molecule has 0 radical (unpaired) electrons. The number of hydrogen-bond donors (Lipinski definition) is 0. The summed E-state index contributed by atoms with van der Waals surface area (Å²) in [6, 6.07) is 2.64. The lowest BCUT2D eigenvalue weighted by molar-refractivity contribution is 0.204. The maximum absolute atomic E-state index is 5.18. The van der Waals surface area contributed by atoms with Crippen LogP contribution in [0.2, 0.25) is 0 Å². The molecule has 0 aliphatic heterocycles. The standard InChI is InChI=1S/C13H20BrN3O/c1-3-4-12-15-11(14)9-13(16-12)17(7-8-18-2)10-5-6-10/h9-10H,3-8H2,1-2H3. The SMILES string of the molecule is CCCc1nc(Br)cc(N(CCOC)C2CC2)n1. The monoisotopic (exact) mass is 313 g/mol. The Kier molecular flexibility index (Phi) is 4.95. The first-order valence-electron chi connectivity index (χ1n) is 6.53. The highest BCUT2D eigenvalue weighted by Crippen LogP contribution is 2.31. The van der Waals surface area contributed by atoms with Gasteiger partial charge in [-0.15, -0.1) is 0 Å². The highest BCUT2D eigenvalue weighted by atomic mass is 79.9. The zero-order valence-corrected chi connectivity index (χ0v) is 12.6. The van der Waals surface area contributed by atoms with Crippen molar-refractivity contribution < 1.29 is 4.74 Å². The molecule has 0 bridgehead atoms. The van der Waals surface area contributed by atoms with Crippen LogP contribution in [0.1, 0.15) is 32.0 Å². The second-order valence-corrected chi connectivity index (χ2v) is 5.44. The van der Waals surface area contributed by atoms with E-state index in [1.807, 2.05) is 6.07 Å². The van der Waals surface area contributed by atoms with E-state index in [1.54, 1.807) is 7.11 Å². The van der Waals surface area contributed by atoms with Crippen molar-refractivity contribution in [2.75, 3.05) is 25.2 Å². The van der Waals surface area contributed by atoms with Gasteiger partial charge in [-0.05, 0) is 35.2 Å². The van der Waals surface area contributed by atoms with Gasteiger partial charge in [-0.3, -0.25) is 0 Å². The lowest BCUT2D eigenvalue weighted by Crippen LogP contribution is -2.30. The third kappa shape index (κ3) is 3.65. The van der Waals surface area contributed by atoms with Crippen LogP contribution in [0.25, 0.3) is 0 Å². The summed E-state index contributed by atoms with van der Waals surface area (Å²) in [6.07, 6.45) is 4.51. The second kappa shape index (κ2) is 6.48. The van der Waals surface area contributed by atoms with Crippen molar-refractivity contribution in [2.45, 2.75) is 38.6 Å².